The number of nitrogens with two attached hydrogens (primary N) is 1. The fraction of sp³-hybridized carbons (Fsp3) is 0.700. The van der Waals surface area contributed by atoms with Gasteiger partial charge in [0.15, 0.2) is 0 Å². The van der Waals surface area contributed by atoms with E-state index in [1.807, 2.05) is 0 Å². The Bertz CT molecular complexity index is 400. The molecule has 0 aromatic rings. The fourth-order valence-corrected chi connectivity index (χ4v) is 1.94. The number of nitrogens with zero attached hydrogens (tertiary/aromatic N) is 2. The number of thiocarbonyl (C=S) groups is 1. The Labute approximate surface area is 113 Å². The first kappa shape index (κ1) is 15.7. The summed E-state index contributed by atoms with van der Waals surface area (Å²) in [6.07, 6.45) is -4.63. The van der Waals surface area contributed by atoms with E-state index < -0.39 is 29.5 Å². The molecule has 9 heteroatoms. The molecule has 1 aliphatic rings. The fourth-order valence-electron chi connectivity index (χ4n) is 1.73. The van der Waals surface area contributed by atoms with Crippen molar-refractivity contribution in [3.05, 3.63) is 0 Å². The Balaban J connectivity index is 2.79. The molecule has 0 aromatic heterocycles. The van der Waals surface area contributed by atoms with Crippen molar-refractivity contribution in [2.45, 2.75) is 13.1 Å². The molecular weight excluding hydrogens is 283 g/mol. The molecule has 108 valence electrons. The van der Waals surface area contributed by atoms with Crippen molar-refractivity contribution in [2.24, 2.45) is 11.7 Å². The average Bonchev–Trinajstić information content (AvgIpc) is 2.27. The molecule has 1 unspecified atom stereocenters. The second-order valence-electron chi connectivity index (χ2n) is 4.18. The van der Waals surface area contributed by atoms with Gasteiger partial charge in [0.05, 0.1) is 18.1 Å². The van der Waals surface area contributed by atoms with Crippen LogP contribution in [0.15, 0.2) is 0 Å². The Morgan fingerprint density at radius 3 is 2.21 bits per heavy atom. The van der Waals surface area contributed by atoms with Gasteiger partial charge in [-0.3, -0.25) is 9.59 Å². The highest BCUT2D eigenvalue weighted by Gasteiger charge is 2.44. The maximum absolute atomic E-state index is 12.7. The van der Waals surface area contributed by atoms with Crippen LogP contribution < -0.4 is 5.73 Å². The van der Waals surface area contributed by atoms with Crippen LogP contribution in [-0.2, 0) is 9.59 Å². The molecule has 19 heavy (non-hydrogen) atoms. The van der Waals surface area contributed by atoms with Crippen molar-refractivity contribution in [1.82, 2.24) is 9.80 Å². The highest BCUT2D eigenvalue weighted by atomic mass is 32.1. The number of amides is 2. The van der Waals surface area contributed by atoms with E-state index in [0.717, 1.165) is 4.90 Å². The van der Waals surface area contributed by atoms with Crippen LogP contribution in [0.4, 0.5) is 13.2 Å². The topological polar surface area (TPSA) is 66.6 Å². The van der Waals surface area contributed by atoms with E-state index in [0.29, 0.717) is 6.54 Å². The van der Waals surface area contributed by atoms with Crippen LogP contribution in [0, 0.1) is 5.92 Å². The number of carbonyl (C=O) groups excluding carboxylic acids is 2. The molecule has 0 saturated carbocycles. The van der Waals surface area contributed by atoms with Crippen LogP contribution in [0.5, 0.6) is 0 Å². The predicted molar refractivity (Wildman–Crippen MR) is 65.2 cm³/mol. The van der Waals surface area contributed by atoms with Crippen LogP contribution in [0.1, 0.15) is 6.92 Å². The SMILES string of the molecule is CCN1CC(=O)N(CC(C(N)=S)C(F)(F)F)CC1=O. The van der Waals surface area contributed by atoms with E-state index in [2.05, 4.69) is 12.2 Å². The zero-order valence-electron chi connectivity index (χ0n) is 10.2. The Morgan fingerprint density at radius 2 is 1.79 bits per heavy atom. The maximum Gasteiger partial charge on any atom is 0.399 e. The standard InChI is InChI=1S/C10H14F3N3O2S/c1-2-15-4-8(18)16(5-7(15)17)3-6(9(14)19)10(11,12)13/h6H,2-5H2,1H3,(H2,14,19). The summed E-state index contributed by atoms with van der Waals surface area (Å²) in [5.41, 5.74) is 5.05. The van der Waals surface area contributed by atoms with E-state index in [1.54, 1.807) is 6.92 Å². The van der Waals surface area contributed by atoms with Crippen molar-refractivity contribution in [1.29, 1.82) is 0 Å². The second kappa shape index (κ2) is 5.72. The van der Waals surface area contributed by atoms with Gasteiger partial charge in [-0.1, -0.05) is 12.2 Å². The average molecular weight is 297 g/mol. The third-order valence-electron chi connectivity index (χ3n) is 2.88. The highest BCUT2D eigenvalue weighted by Crippen LogP contribution is 2.27. The number of carbonyl (C=O) groups is 2. The van der Waals surface area contributed by atoms with Gasteiger partial charge in [0.2, 0.25) is 11.8 Å². The first-order valence-corrected chi connectivity index (χ1v) is 5.99. The van der Waals surface area contributed by atoms with Crippen molar-refractivity contribution in [3.63, 3.8) is 0 Å². The summed E-state index contributed by atoms with van der Waals surface area (Å²) in [6, 6.07) is 0. The Kier molecular flexibility index (Phi) is 4.72. The molecule has 2 amide bonds. The molecule has 0 radical (unpaired) electrons. The molecular formula is C10H14F3N3O2S. The minimum Gasteiger partial charge on any atom is -0.393 e. The van der Waals surface area contributed by atoms with Gasteiger partial charge in [0, 0.05) is 13.1 Å². The highest BCUT2D eigenvalue weighted by molar-refractivity contribution is 7.80. The van der Waals surface area contributed by atoms with Crippen LogP contribution in [-0.4, -0.2) is 59.0 Å². The number of hydrogen-bond donors (Lipinski definition) is 1. The van der Waals surface area contributed by atoms with Gasteiger partial charge < -0.3 is 15.5 Å². The number of piperazine rings is 1. The van der Waals surface area contributed by atoms with Gasteiger partial charge in [-0.25, -0.2) is 0 Å². The summed E-state index contributed by atoms with van der Waals surface area (Å²) in [4.78, 5) is 24.6. The summed E-state index contributed by atoms with van der Waals surface area (Å²) in [7, 11) is 0. The van der Waals surface area contributed by atoms with Crippen molar-refractivity contribution in [2.75, 3.05) is 26.2 Å². The number of likely N-dealkylation sites (N-methyl/N-ethyl adjacent to an activating group) is 1. The van der Waals surface area contributed by atoms with Gasteiger partial charge >= 0.3 is 6.18 Å². The van der Waals surface area contributed by atoms with Gasteiger partial charge in [0.25, 0.3) is 0 Å². The first-order chi connectivity index (χ1) is 8.66. The smallest absolute Gasteiger partial charge is 0.393 e. The molecule has 0 bridgehead atoms. The Morgan fingerprint density at radius 1 is 1.32 bits per heavy atom. The lowest BCUT2D eigenvalue weighted by molar-refractivity contribution is -0.167. The molecule has 0 spiro atoms. The molecule has 0 aliphatic carbocycles. The van der Waals surface area contributed by atoms with Gasteiger partial charge in [0.1, 0.15) is 5.92 Å². The molecule has 1 aliphatic heterocycles. The number of rotatable bonds is 4. The molecule has 2 N–H and O–H groups in total. The van der Waals surface area contributed by atoms with Gasteiger partial charge in [-0.2, -0.15) is 13.2 Å². The van der Waals surface area contributed by atoms with E-state index >= 15 is 0 Å². The van der Waals surface area contributed by atoms with E-state index in [9.17, 15) is 22.8 Å². The molecule has 0 aromatic carbocycles. The van der Waals surface area contributed by atoms with Gasteiger partial charge in [-0.05, 0) is 6.92 Å². The van der Waals surface area contributed by atoms with E-state index in [4.69, 9.17) is 5.73 Å². The predicted octanol–water partition coefficient (Wildman–Crippen LogP) is 0.142. The lowest BCUT2D eigenvalue weighted by Gasteiger charge is -2.35. The number of hydrogen-bond acceptors (Lipinski definition) is 3. The monoisotopic (exact) mass is 297 g/mol. The van der Waals surface area contributed by atoms with Crippen LogP contribution >= 0.6 is 12.2 Å². The van der Waals surface area contributed by atoms with Crippen molar-refractivity contribution < 1.29 is 22.8 Å². The molecule has 1 atom stereocenters. The first-order valence-electron chi connectivity index (χ1n) is 5.58. The van der Waals surface area contributed by atoms with Crippen molar-refractivity contribution in [3.8, 4) is 0 Å². The summed E-state index contributed by atoms with van der Waals surface area (Å²) < 4.78 is 38.1. The van der Waals surface area contributed by atoms with Crippen molar-refractivity contribution >= 4 is 29.0 Å². The lowest BCUT2D eigenvalue weighted by atomic mass is 10.1. The zero-order valence-corrected chi connectivity index (χ0v) is 11.1. The molecule has 1 fully saturated rings. The number of halogens is 3. The quantitative estimate of drug-likeness (QED) is 0.750. The van der Waals surface area contributed by atoms with Gasteiger partial charge in [-0.15, -0.1) is 0 Å². The van der Waals surface area contributed by atoms with E-state index in [-0.39, 0.29) is 19.0 Å². The largest absolute Gasteiger partial charge is 0.399 e. The minimum absolute atomic E-state index is 0.211. The Hall–Kier alpha value is -1.38. The number of alkyl halides is 3. The molecule has 1 saturated heterocycles. The van der Waals surface area contributed by atoms with E-state index in [1.165, 1.54) is 4.90 Å². The third-order valence-corrected chi connectivity index (χ3v) is 3.17. The summed E-state index contributed by atoms with van der Waals surface area (Å²) in [5, 5.41) is 0. The summed E-state index contributed by atoms with van der Waals surface area (Å²) in [5.74, 6) is -3.01. The molecule has 5 nitrogen and oxygen atoms in total. The lowest BCUT2D eigenvalue weighted by Crippen LogP contribution is -2.56. The molecule has 1 heterocycles. The maximum atomic E-state index is 12.7. The second-order valence-corrected chi connectivity index (χ2v) is 4.65. The zero-order chi connectivity index (χ0) is 14.8. The third kappa shape index (κ3) is 3.79. The minimum atomic E-state index is -4.63. The summed E-state index contributed by atoms with van der Waals surface area (Å²) >= 11 is 4.37. The normalized spacial score (nSPS) is 18.7. The van der Waals surface area contributed by atoms with Crippen LogP contribution in [0.3, 0.4) is 0 Å². The molecule has 1 rings (SSSR count). The van der Waals surface area contributed by atoms with Crippen LogP contribution in [0.25, 0.3) is 0 Å². The summed E-state index contributed by atoms with van der Waals surface area (Å²) in [6.45, 7) is 0.741. The van der Waals surface area contributed by atoms with Crippen LogP contribution in [0.2, 0.25) is 0 Å².